The summed E-state index contributed by atoms with van der Waals surface area (Å²) in [5.41, 5.74) is 6.62. The second-order valence-corrected chi connectivity index (χ2v) is 5.07. The van der Waals surface area contributed by atoms with Gasteiger partial charge in [0, 0.05) is 31.8 Å². The van der Waals surface area contributed by atoms with Crippen molar-refractivity contribution in [1.82, 2.24) is 15.1 Å². The molecule has 1 amide bonds. The van der Waals surface area contributed by atoms with Crippen LogP contribution >= 0.6 is 0 Å². The first-order chi connectivity index (χ1) is 9.15. The predicted molar refractivity (Wildman–Crippen MR) is 76.4 cm³/mol. The average molecular weight is 266 g/mol. The Morgan fingerprint density at radius 2 is 2.26 bits per heavy atom. The van der Waals surface area contributed by atoms with Crippen molar-refractivity contribution in [2.24, 2.45) is 18.7 Å². The predicted octanol–water partition coefficient (Wildman–Crippen LogP) is 1.58. The Bertz CT molecular complexity index is 369. The van der Waals surface area contributed by atoms with Crippen LogP contribution in [0, 0.1) is 5.92 Å². The average Bonchev–Trinajstić information content (AvgIpc) is 2.80. The number of aromatic nitrogens is 2. The van der Waals surface area contributed by atoms with Crippen molar-refractivity contribution in [3.63, 3.8) is 0 Å². The van der Waals surface area contributed by atoms with Crippen molar-refractivity contribution in [3.05, 3.63) is 18.0 Å². The number of carbonyl (C=O) groups excluding carboxylic acids is 1. The number of nitrogens with one attached hydrogen (secondary N) is 1. The molecule has 1 rings (SSSR count). The lowest BCUT2D eigenvalue weighted by Gasteiger charge is -2.14. The minimum atomic E-state index is 0.113. The fraction of sp³-hybridized carbons (Fsp3) is 0.714. The van der Waals surface area contributed by atoms with E-state index < -0.39 is 0 Å². The standard InChI is InChI=1S/C14H26N4O/c1-3-4-12(7-8-15)5-6-14(19)16-9-13-10-17-18(2)11-13/h10-12H,3-9,15H2,1-2H3,(H,16,19). The van der Waals surface area contributed by atoms with E-state index in [1.807, 2.05) is 13.2 Å². The van der Waals surface area contributed by atoms with Gasteiger partial charge in [-0.05, 0) is 25.3 Å². The number of nitrogens with zero attached hydrogens (tertiary/aromatic N) is 2. The van der Waals surface area contributed by atoms with E-state index in [1.165, 1.54) is 0 Å². The second-order valence-electron chi connectivity index (χ2n) is 5.07. The highest BCUT2D eigenvalue weighted by Gasteiger charge is 2.10. The molecule has 19 heavy (non-hydrogen) atoms. The van der Waals surface area contributed by atoms with Crippen LogP contribution < -0.4 is 11.1 Å². The summed E-state index contributed by atoms with van der Waals surface area (Å²) in [6, 6.07) is 0. The van der Waals surface area contributed by atoms with Crippen LogP contribution in [0.25, 0.3) is 0 Å². The lowest BCUT2D eigenvalue weighted by Crippen LogP contribution is -2.23. The van der Waals surface area contributed by atoms with Gasteiger partial charge in [-0.15, -0.1) is 0 Å². The number of carbonyl (C=O) groups is 1. The van der Waals surface area contributed by atoms with E-state index in [4.69, 9.17) is 5.73 Å². The number of amides is 1. The lowest BCUT2D eigenvalue weighted by molar-refractivity contribution is -0.121. The fourth-order valence-electron chi connectivity index (χ4n) is 2.26. The van der Waals surface area contributed by atoms with E-state index in [2.05, 4.69) is 17.3 Å². The van der Waals surface area contributed by atoms with Crippen LogP contribution in [-0.2, 0) is 18.4 Å². The molecule has 1 aromatic rings. The third-order valence-corrected chi connectivity index (χ3v) is 3.30. The Hall–Kier alpha value is -1.36. The summed E-state index contributed by atoms with van der Waals surface area (Å²) >= 11 is 0. The van der Waals surface area contributed by atoms with Crippen molar-refractivity contribution in [3.8, 4) is 0 Å². The van der Waals surface area contributed by atoms with Crippen LogP contribution in [0.2, 0.25) is 0 Å². The highest BCUT2D eigenvalue weighted by Crippen LogP contribution is 2.16. The van der Waals surface area contributed by atoms with Crippen molar-refractivity contribution >= 4 is 5.91 Å². The molecule has 0 aromatic carbocycles. The zero-order chi connectivity index (χ0) is 14.1. The van der Waals surface area contributed by atoms with Gasteiger partial charge in [0.2, 0.25) is 5.91 Å². The molecule has 0 bridgehead atoms. The minimum absolute atomic E-state index is 0.113. The molecular weight excluding hydrogens is 240 g/mol. The summed E-state index contributed by atoms with van der Waals surface area (Å²) in [5.74, 6) is 0.695. The summed E-state index contributed by atoms with van der Waals surface area (Å²) < 4.78 is 1.74. The van der Waals surface area contributed by atoms with Gasteiger partial charge in [0.25, 0.3) is 0 Å². The second kappa shape index (κ2) is 8.69. The summed E-state index contributed by atoms with van der Waals surface area (Å²) in [6.07, 6.45) is 8.54. The molecular formula is C14H26N4O. The first kappa shape index (κ1) is 15.7. The molecule has 0 fully saturated rings. The third kappa shape index (κ3) is 6.38. The van der Waals surface area contributed by atoms with Gasteiger partial charge in [-0.25, -0.2) is 0 Å². The third-order valence-electron chi connectivity index (χ3n) is 3.30. The van der Waals surface area contributed by atoms with E-state index >= 15 is 0 Å². The summed E-state index contributed by atoms with van der Waals surface area (Å²) in [6.45, 7) is 3.44. The van der Waals surface area contributed by atoms with E-state index in [9.17, 15) is 4.79 Å². The first-order valence-corrected chi connectivity index (χ1v) is 7.10. The van der Waals surface area contributed by atoms with E-state index in [0.717, 1.165) is 31.2 Å². The van der Waals surface area contributed by atoms with Gasteiger partial charge in [-0.1, -0.05) is 19.8 Å². The van der Waals surface area contributed by atoms with Gasteiger partial charge in [0.15, 0.2) is 0 Å². The maximum Gasteiger partial charge on any atom is 0.220 e. The smallest absolute Gasteiger partial charge is 0.220 e. The van der Waals surface area contributed by atoms with Crippen LogP contribution in [-0.4, -0.2) is 22.2 Å². The summed E-state index contributed by atoms with van der Waals surface area (Å²) in [5, 5.41) is 7.00. The zero-order valence-corrected chi connectivity index (χ0v) is 12.1. The molecule has 1 atom stereocenters. The van der Waals surface area contributed by atoms with Crippen molar-refractivity contribution < 1.29 is 4.79 Å². The van der Waals surface area contributed by atoms with E-state index in [1.54, 1.807) is 10.9 Å². The van der Waals surface area contributed by atoms with Gasteiger partial charge in [-0.2, -0.15) is 5.10 Å². The first-order valence-electron chi connectivity index (χ1n) is 7.10. The Morgan fingerprint density at radius 3 is 2.84 bits per heavy atom. The summed E-state index contributed by atoms with van der Waals surface area (Å²) in [7, 11) is 1.87. The molecule has 1 unspecified atom stereocenters. The Balaban J connectivity index is 2.22. The van der Waals surface area contributed by atoms with Gasteiger partial charge in [0.1, 0.15) is 0 Å². The molecule has 0 aliphatic rings. The van der Waals surface area contributed by atoms with E-state index in [-0.39, 0.29) is 5.91 Å². The van der Waals surface area contributed by atoms with Crippen molar-refractivity contribution in [1.29, 1.82) is 0 Å². The molecule has 5 heteroatoms. The zero-order valence-electron chi connectivity index (χ0n) is 12.1. The van der Waals surface area contributed by atoms with Crippen LogP contribution in [0.15, 0.2) is 12.4 Å². The molecule has 5 nitrogen and oxygen atoms in total. The van der Waals surface area contributed by atoms with Gasteiger partial charge < -0.3 is 11.1 Å². The highest BCUT2D eigenvalue weighted by atomic mass is 16.1. The van der Waals surface area contributed by atoms with Crippen LogP contribution in [0.3, 0.4) is 0 Å². The Kier molecular flexibility index (Phi) is 7.18. The molecule has 0 spiro atoms. The largest absolute Gasteiger partial charge is 0.352 e. The lowest BCUT2D eigenvalue weighted by atomic mass is 9.94. The Morgan fingerprint density at radius 1 is 1.47 bits per heavy atom. The molecule has 0 radical (unpaired) electrons. The van der Waals surface area contributed by atoms with Crippen molar-refractivity contribution in [2.75, 3.05) is 6.54 Å². The number of nitrogens with two attached hydrogens (primary N) is 1. The molecule has 1 heterocycles. The molecule has 3 N–H and O–H groups in total. The highest BCUT2D eigenvalue weighted by molar-refractivity contribution is 5.75. The van der Waals surface area contributed by atoms with E-state index in [0.29, 0.717) is 25.4 Å². The van der Waals surface area contributed by atoms with Crippen LogP contribution in [0.5, 0.6) is 0 Å². The SMILES string of the molecule is CCCC(CCN)CCC(=O)NCc1cnn(C)c1. The number of rotatable bonds is 9. The molecule has 0 aliphatic heterocycles. The number of hydrogen-bond acceptors (Lipinski definition) is 3. The van der Waals surface area contributed by atoms with Crippen molar-refractivity contribution in [2.45, 2.75) is 45.6 Å². The van der Waals surface area contributed by atoms with Crippen LogP contribution in [0.1, 0.15) is 44.6 Å². The van der Waals surface area contributed by atoms with Gasteiger partial charge in [0.05, 0.1) is 6.20 Å². The maximum absolute atomic E-state index is 11.8. The number of aryl methyl sites for hydroxylation is 1. The fourth-order valence-corrected chi connectivity index (χ4v) is 2.26. The normalized spacial score (nSPS) is 12.4. The Labute approximate surface area is 115 Å². The van der Waals surface area contributed by atoms with Gasteiger partial charge in [-0.3, -0.25) is 9.48 Å². The van der Waals surface area contributed by atoms with Crippen LogP contribution in [0.4, 0.5) is 0 Å². The quantitative estimate of drug-likeness (QED) is 0.712. The maximum atomic E-state index is 11.8. The minimum Gasteiger partial charge on any atom is -0.352 e. The molecule has 0 aliphatic carbocycles. The molecule has 108 valence electrons. The summed E-state index contributed by atoms with van der Waals surface area (Å²) in [4.78, 5) is 11.8. The number of hydrogen-bond donors (Lipinski definition) is 2. The van der Waals surface area contributed by atoms with Gasteiger partial charge >= 0.3 is 0 Å². The molecule has 0 saturated carbocycles. The molecule has 0 saturated heterocycles. The monoisotopic (exact) mass is 266 g/mol. The molecule has 1 aromatic heterocycles. The topological polar surface area (TPSA) is 72.9 Å².